The molecule has 1 aromatic rings. The van der Waals surface area contributed by atoms with E-state index in [0.717, 1.165) is 25.7 Å². The molecule has 5 nitrogen and oxygen atoms in total. The molecular weight excluding hydrogens is 244 g/mol. The number of H-pyrrole nitrogens is 1. The third-order valence-corrected chi connectivity index (χ3v) is 3.82. The first kappa shape index (κ1) is 13.6. The highest BCUT2D eigenvalue weighted by atomic mass is 16.4. The van der Waals surface area contributed by atoms with Gasteiger partial charge in [-0.2, -0.15) is 0 Å². The van der Waals surface area contributed by atoms with Gasteiger partial charge in [-0.05, 0) is 32.3 Å². The van der Waals surface area contributed by atoms with Crippen molar-refractivity contribution >= 4 is 11.9 Å². The van der Waals surface area contributed by atoms with Crippen LogP contribution in [0.25, 0.3) is 0 Å². The van der Waals surface area contributed by atoms with Gasteiger partial charge in [0.15, 0.2) is 0 Å². The molecule has 1 amide bonds. The second kappa shape index (κ2) is 5.47. The number of aromatic nitrogens is 1. The summed E-state index contributed by atoms with van der Waals surface area (Å²) in [5.41, 5.74) is 1.70. The minimum absolute atomic E-state index is 0.103. The molecule has 0 aliphatic heterocycles. The minimum atomic E-state index is -1.03. The van der Waals surface area contributed by atoms with Crippen LogP contribution in [0.5, 0.6) is 0 Å². The Bertz CT molecular complexity index is 499. The molecule has 3 N–H and O–H groups in total. The number of aromatic amines is 1. The topological polar surface area (TPSA) is 82.2 Å². The number of aryl methyl sites for hydroxylation is 1. The molecule has 0 radical (unpaired) electrons. The van der Waals surface area contributed by atoms with E-state index >= 15 is 0 Å². The molecule has 0 unspecified atom stereocenters. The number of hydrogen-bond acceptors (Lipinski definition) is 2. The molecule has 0 bridgehead atoms. The van der Waals surface area contributed by atoms with Crippen LogP contribution in [0.3, 0.4) is 0 Å². The molecule has 0 saturated heterocycles. The Morgan fingerprint density at radius 1 is 1.21 bits per heavy atom. The highest BCUT2D eigenvalue weighted by Crippen LogP contribution is 2.21. The zero-order chi connectivity index (χ0) is 14.0. The SMILES string of the molecule is Cc1[nH]c(C(=O)O)c(C)c1C(=O)NC1CCCCC1. The summed E-state index contributed by atoms with van der Waals surface area (Å²) < 4.78 is 0. The first-order chi connectivity index (χ1) is 9.00. The van der Waals surface area contributed by atoms with Crippen molar-refractivity contribution in [1.82, 2.24) is 10.3 Å². The normalized spacial score (nSPS) is 16.3. The Labute approximate surface area is 112 Å². The maximum Gasteiger partial charge on any atom is 0.352 e. The molecule has 1 heterocycles. The van der Waals surface area contributed by atoms with Crippen LogP contribution in [-0.4, -0.2) is 28.0 Å². The number of carbonyl (C=O) groups is 2. The monoisotopic (exact) mass is 264 g/mol. The molecule has 0 aromatic carbocycles. The summed E-state index contributed by atoms with van der Waals surface area (Å²) in [5.74, 6) is -1.19. The van der Waals surface area contributed by atoms with Crippen LogP contribution in [0.1, 0.15) is 64.2 Å². The predicted octanol–water partition coefficient (Wildman–Crippen LogP) is 2.39. The summed E-state index contributed by atoms with van der Waals surface area (Å²) in [5, 5.41) is 12.1. The number of carboxylic acids is 1. The van der Waals surface area contributed by atoms with Crippen molar-refractivity contribution in [2.24, 2.45) is 0 Å². The fourth-order valence-electron chi connectivity index (χ4n) is 2.81. The van der Waals surface area contributed by atoms with Gasteiger partial charge in [0.2, 0.25) is 0 Å². The van der Waals surface area contributed by atoms with Gasteiger partial charge in [0.05, 0.1) is 5.56 Å². The lowest BCUT2D eigenvalue weighted by Crippen LogP contribution is -2.36. The van der Waals surface area contributed by atoms with Crippen molar-refractivity contribution in [2.45, 2.75) is 52.0 Å². The second-order valence-corrected chi connectivity index (χ2v) is 5.24. The summed E-state index contributed by atoms with van der Waals surface area (Å²) in [4.78, 5) is 26.1. The van der Waals surface area contributed by atoms with Crippen LogP contribution in [0.2, 0.25) is 0 Å². The van der Waals surface area contributed by atoms with Gasteiger partial charge in [0.1, 0.15) is 5.69 Å². The fraction of sp³-hybridized carbons (Fsp3) is 0.571. The molecule has 5 heteroatoms. The van der Waals surface area contributed by atoms with Crippen LogP contribution >= 0.6 is 0 Å². The number of amides is 1. The third kappa shape index (κ3) is 2.80. The molecule has 1 aliphatic rings. The lowest BCUT2D eigenvalue weighted by Gasteiger charge is -2.22. The fourth-order valence-corrected chi connectivity index (χ4v) is 2.81. The first-order valence-corrected chi connectivity index (χ1v) is 6.74. The molecule has 104 valence electrons. The zero-order valence-corrected chi connectivity index (χ0v) is 11.4. The molecule has 19 heavy (non-hydrogen) atoms. The van der Waals surface area contributed by atoms with Crippen molar-refractivity contribution in [3.05, 3.63) is 22.5 Å². The smallest absolute Gasteiger partial charge is 0.352 e. The number of carbonyl (C=O) groups excluding carboxylic acids is 1. The van der Waals surface area contributed by atoms with E-state index in [1.807, 2.05) is 0 Å². The van der Waals surface area contributed by atoms with E-state index in [-0.39, 0.29) is 17.6 Å². The standard InChI is InChI=1S/C14H20N2O3/c1-8-11(9(2)15-12(8)14(18)19)13(17)16-10-6-4-3-5-7-10/h10,15H,3-7H2,1-2H3,(H,16,17)(H,18,19). The molecule has 1 aliphatic carbocycles. The first-order valence-electron chi connectivity index (χ1n) is 6.74. The Balaban J connectivity index is 2.16. The average Bonchev–Trinajstić information content (AvgIpc) is 2.66. The lowest BCUT2D eigenvalue weighted by molar-refractivity contribution is 0.0690. The maximum absolute atomic E-state index is 12.3. The average molecular weight is 264 g/mol. The van der Waals surface area contributed by atoms with E-state index in [1.54, 1.807) is 13.8 Å². The molecular formula is C14H20N2O3. The van der Waals surface area contributed by atoms with Crippen molar-refractivity contribution in [3.8, 4) is 0 Å². The van der Waals surface area contributed by atoms with Crippen LogP contribution in [0.4, 0.5) is 0 Å². The predicted molar refractivity (Wildman–Crippen MR) is 71.6 cm³/mol. The third-order valence-electron chi connectivity index (χ3n) is 3.82. The van der Waals surface area contributed by atoms with Gasteiger partial charge in [-0.25, -0.2) is 4.79 Å². The van der Waals surface area contributed by atoms with Gasteiger partial charge < -0.3 is 15.4 Å². The number of rotatable bonds is 3. The van der Waals surface area contributed by atoms with Gasteiger partial charge in [0.25, 0.3) is 5.91 Å². The van der Waals surface area contributed by atoms with E-state index < -0.39 is 5.97 Å². The molecule has 0 atom stereocenters. The highest BCUT2D eigenvalue weighted by Gasteiger charge is 2.23. The summed E-state index contributed by atoms with van der Waals surface area (Å²) in [7, 11) is 0. The van der Waals surface area contributed by atoms with E-state index in [2.05, 4.69) is 10.3 Å². The van der Waals surface area contributed by atoms with Crippen LogP contribution in [0, 0.1) is 13.8 Å². The van der Waals surface area contributed by atoms with Crippen LogP contribution in [-0.2, 0) is 0 Å². The number of carboxylic acid groups (broad SMARTS) is 1. The van der Waals surface area contributed by atoms with Gasteiger partial charge >= 0.3 is 5.97 Å². The van der Waals surface area contributed by atoms with Gasteiger partial charge in [-0.1, -0.05) is 19.3 Å². The Morgan fingerprint density at radius 2 is 1.84 bits per heavy atom. The lowest BCUT2D eigenvalue weighted by atomic mass is 9.95. The van der Waals surface area contributed by atoms with E-state index in [9.17, 15) is 9.59 Å². The van der Waals surface area contributed by atoms with E-state index in [4.69, 9.17) is 5.11 Å². The van der Waals surface area contributed by atoms with Gasteiger partial charge in [-0.15, -0.1) is 0 Å². The minimum Gasteiger partial charge on any atom is -0.477 e. The van der Waals surface area contributed by atoms with Crippen LogP contribution < -0.4 is 5.32 Å². The number of nitrogens with one attached hydrogen (secondary N) is 2. The van der Waals surface area contributed by atoms with Gasteiger partial charge in [0, 0.05) is 11.7 Å². The zero-order valence-electron chi connectivity index (χ0n) is 11.4. The summed E-state index contributed by atoms with van der Waals surface area (Å²) in [6.07, 6.45) is 5.56. The van der Waals surface area contributed by atoms with E-state index in [0.29, 0.717) is 16.8 Å². The largest absolute Gasteiger partial charge is 0.477 e. The maximum atomic E-state index is 12.3. The van der Waals surface area contributed by atoms with Crippen molar-refractivity contribution in [1.29, 1.82) is 0 Å². The summed E-state index contributed by atoms with van der Waals surface area (Å²) >= 11 is 0. The van der Waals surface area contributed by atoms with Gasteiger partial charge in [-0.3, -0.25) is 4.79 Å². The van der Waals surface area contributed by atoms with Crippen molar-refractivity contribution < 1.29 is 14.7 Å². The van der Waals surface area contributed by atoms with Crippen molar-refractivity contribution in [3.63, 3.8) is 0 Å². The van der Waals surface area contributed by atoms with Crippen LogP contribution in [0.15, 0.2) is 0 Å². The molecule has 1 aromatic heterocycles. The number of hydrogen-bond donors (Lipinski definition) is 3. The number of aromatic carboxylic acids is 1. The Morgan fingerprint density at radius 3 is 2.37 bits per heavy atom. The summed E-state index contributed by atoms with van der Waals surface area (Å²) in [6.45, 7) is 3.40. The van der Waals surface area contributed by atoms with E-state index in [1.165, 1.54) is 6.42 Å². The molecule has 2 rings (SSSR count). The summed E-state index contributed by atoms with van der Waals surface area (Å²) in [6, 6.07) is 0.225. The molecule has 1 saturated carbocycles. The van der Waals surface area contributed by atoms with Crippen molar-refractivity contribution in [2.75, 3.05) is 0 Å². The highest BCUT2D eigenvalue weighted by molar-refractivity contribution is 6.00. The molecule has 1 fully saturated rings. The Hall–Kier alpha value is -1.78. The quantitative estimate of drug-likeness (QED) is 0.784. The Kier molecular flexibility index (Phi) is 3.93. The molecule has 0 spiro atoms. The second-order valence-electron chi connectivity index (χ2n) is 5.24.